The number of hydrogen-bond donors (Lipinski definition) is 1. The summed E-state index contributed by atoms with van der Waals surface area (Å²) in [4.78, 5) is 2.26. The lowest BCUT2D eigenvalue weighted by molar-refractivity contribution is 0.0466. The Morgan fingerprint density at radius 3 is 3.13 bits per heavy atom. The average molecular weight is 227 g/mol. The number of morpholine rings is 1. The number of nitrogens with zero attached hydrogens (tertiary/aromatic N) is 1. The summed E-state index contributed by atoms with van der Waals surface area (Å²) in [5.41, 5.74) is 6.74. The topological polar surface area (TPSA) is 38.5 Å². The fourth-order valence-corrected chi connectivity index (χ4v) is 1.95. The summed E-state index contributed by atoms with van der Waals surface area (Å²) in [6.45, 7) is 3.04. The van der Waals surface area contributed by atoms with Gasteiger partial charge >= 0.3 is 0 Å². The van der Waals surface area contributed by atoms with E-state index in [1.807, 2.05) is 18.2 Å². The molecule has 1 aliphatic rings. The molecule has 0 aliphatic carbocycles. The molecule has 15 heavy (non-hydrogen) atoms. The van der Waals surface area contributed by atoms with Crippen LogP contribution in [0.5, 0.6) is 0 Å². The van der Waals surface area contributed by atoms with Gasteiger partial charge in [-0.2, -0.15) is 0 Å². The van der Waals surface area contributed by atoms with E-state index in [0.29, 0.717) is 6.54 Å². The third-order valence-electron chi connectivity index (χ3n) is 2.58. The molecule has 0 aromatic heterocycles. The van der Waals surface area contributed by atoms with Crippen LogP contribution >= 0.6 is 11.6 Å². The van der Waals surface area contributed by atoms with E-state index in [1.54, 1.807) is 0 Å². The molecule has 1 atom stereocenters. The minimum absolute atomic E-state index is 0.137. The third-order valence-corrected chi connectivity index (χ3v) is 2.81. The van der Waals surface area contributed by atoms with Crippen molar-refractivity contribution < 1.29 is 4.74 Å². The van der Waals surface area contributed by atoms with E-state index in [-0.39, 0.29) is 6.10 Å². The van der Waals surface area contributed by atoms with E-state index in [4.69, 9.17) is 22.1 Å². The Labute approximate surface area is 94.8 Å². The molecular formula is C11H15ClN2O. The maximum Gasteiger partial charge on any atom is 0.0872 e. The number of halogens is 1. The largest absolute Gasteiger partial charge is 0.373 e. The summed E-state index contributed by atoms with van der Waals surface area (Å²) < 4.78 is 5.51. The van der Waals surface area contributed by atoms with Gasteiger partial charge in [0.05, 0.1) is 12.7 Å². The standard InChI is InChI=1S/C11H15ClN2O/c12-9-2-1-3-10(6-9)14-4-5-15-11(7-13)8-14/h1-3,6,11H,4-5,7-8,13H2. The van der Waals surface area contributed by atoms with Gasteiger partial charge < -0.3 is 15.4 Å². The van der Waals surface area contributed by atoms with Crippen LogP contribution in [0.2, 0.25) is 5.02 Å². The summed E-state index contributed by atoms with van der Waals surface area (Å²) in [5.74, 6) is 0. The van der Waals surface area contributed by atoms with Crippen LogP contribution in [0.15, 0.2) is 24.3 Å². The van der Waals surface area contributed by atoms with Crippen molar-refractivity contribution in [2.75, 3.05) is 31.1 Å². The van der Waals surface area contributed by atoms with Crippen LogP contribution in [-0.4, -0.2) is 32.3 Å². The molecule has 0 spiro atoms. The van der Waals surface area contributed by atoms with E-state index < -0.39 is 0 Å². The molecule has 3 nitrogen and oxygen atoms in total. The average Bonchev–Trinajstić information content (AvgIpc) is 2.29. The number of nitrogens with two attached hydrogens (primary N) is 1. The molecule has 1 aliphatic heterocycles. The van der Waals surface area contributed by atoms with Crippen LogP contribution in [0.3, 0.4) is 0 Å². The number of benzene rings is 1. The molecule has 1 saturated heterocycles. The minimum atomic E-state index is 0.137. The zero-order valence-corrected chi connectivity index (χ0v) is 9.28. The van der Waals surface area contributed by atoms with E-state index in [9.17, 15) is 0 Å². The number of anilines is 1. The molecular weight excluding hydrogens is 212 g/mol. The SMILES string of the molecule is NCC1CN(c2cccc(Cl)c2)CCO1. The van der Waals surface area contributed by atoms with Gasteiger partial charge in [0.2, 0.25) is 0 Å². The lowest BCUT2D eigenvalue weighted by Crippen LogP contribution is -2.45. The molecule has 0 amide bonds. The van der Waals surface area contributed by atoms with Crippen molar-refractivity contribution in [3.8, 4) is 0 Å². The Kier molecular flexibility index (Phi) is 3.46. The molecule has 1 aromatic carbocycles. The van der Waals surface area contributed by atoms with Crippen molar-refractivity contribution in [3.05, 3.63) is 29.3 Å². The smallest absolute Gasteiger partial charge is 0.0872 e. The summed E-state index contributed by atoms with van der Waals surface area (Å²) in [6, 6.07) is 7.88. The third kappa shape index (κ3) is 2.62. The molecule has 0 radical (unpaired) electrons. The summed E-state index contributed by atoms with van der Waals surface area (Å²) in [5, 5.41) is 0.767. The van der Waals surface area contributed by atoms with Gasteiger partial charge in [-0.1, -0.05) is 17.7 Å². The van der Waals surface area contributed by atoms with Crippen LogP contribution in [0.4, 0.5) is 5.69 Å². The second kappa shape index (κ2) is 4.84. The fourth-order valence-electron chi connectivity index (χ4n) is 1.77. The first-order valence-electron chi connectivity index (χ1n) is 5.12. The van der Waals surface area contributed by atoms with Gasteiger partial charge in [-0.15, -0.1) is 0 Å². The van der Waals surface area contributed by atoms with Gasteiger partial charge in [-0.05, 0) is 18.2 Å². The highest BCUT2D eigenvalue weighted by molar-refractivity contribution is 6.30. The Bertz CT molecular complexity index is 332. The van der Waals surface area contributed by atoms with Crippen LogP contribution in [0.25, 0.3) is 0 Å². The second-order valence-electron chi connectivity index (χ2n) is 3.65. The van der Waals surface area contributed by atoms with Gasteiger partial charge in [0, 0.05) is 30.3 Å². The molecule has 4 heteroatoms. The Hall–Kier alpha value is -0.770. The lowest BCUT2D eigenvalue weighted by Gasteiger charge is -2.34. The van der Waals surface area contributed by atoms with E-state index in [2.05, 4.69) is 11.0 Å². The zero-order valence-electron chi connectivity index (χ0n) is 8.53. The molecule has 1 aromatic rings. The zero-order chi connectivity index (χ0) is 10.7. The van der Waals surface area contributed by atoms with Crippen LogP contribution in [-0.2, 0) is 4.74 Å². The lowest BCUT2D eigenvalue weighted by atomic mass is 10.2. The minimum Gasteiger partial charge on any atom is -0.373 e. The normalized spacial score (nSPS) is 21.7. The van der Waals surface area contributed by atoms with Gasteiger partial charge in [0.15, 0.2) is 0 Å². The first-order chi connectivity index (χ1) is 7.29. The van der Waals surface area contributed by atoms with Crippen molar-refractivity contribution in [1.82, 2.24) is 0 Å². The van der Waals surface area contributed by atoms with Crippen LogP contribution in [0.1, 0.15) is 0 Å². The highest BCUT2D eigenvalue weighted by Gasteiger charge is 2.19. The van der Waals surface area contributed by atoms with Crippen molar-refractivity contribution in [3.63, 3.8) is 0 Å². The van der Waals surface area contributed by atoms with Crippen molar-refractivity contribution in [1.29, 1.82) is 0 Å². The van der Waals surface area contributed by atoms with E-state index >= 15 is 0 Å². The highest BCUT2D eigenvalue weighted by Crippen LogP contribution is 2.21. The van der Waals surface area contributed by atoms with E-state index in [1.165, 1.54) is 0 Å². The van der Waals surface area contributed by atoms with Gasteiger partial charge in [0.25, 0.3) is 0 Å². The fraction of sp³-hybridized carbons (Fsp3) is 0.455. The van der Waals surface area contributed by atoms with Crippen molar-refractivity contribution in [2.45, 2.75) is 6.10 Å². The van der Waals surface area contributed by atoms with E-state index in [0.717, 1.165) is 30.4 Å². The number of hydrogen-bond acceptors (Lipinski definition) is 3. The quantitative estimate of drug-likeness (QED) is 0.831. The number of ether oxygens (including phenoxy) is 1. The van der Waals surface area contributed by atoms with Crippen LogP contribution in [0, 0.1) is 0 Å². The maximum absolute atomic E-state index is 5.95. The van der Waals surface area contributed by atoms with Gasteiger partial charge in [0.1, 0.15) is 0 Å². The first-order valence-corrected chi connectivity index (χ1v) is 5.49. The number of rotatable bonds is 2. The molecule has 2 rings (SSSR count). The van der Waals surface area contributed by atoms with Gasteiger partial charge in [-0.25, -0.2) is 0 Å². The summed E-state index contributed by atoms with van der Waals surface area (Å²) >= 11 is 5.95. The second-order valence-corrected chi connectivity index (χ2v) is 4.09. The van der Waals surface area contributed by atoms with Crippen molar-refractivity contribution >= 4 is 17.3 Å². The first kappa shape index (κ1) is 10.7. The molecule has 0 bridgehead atoms. The monoisotopic (exact) mass is 226 g/mol. The molecule has 1 unspecified atom stereocenters. The van der Waals surface area contributed by atoms with Crippen molar-refractivity contribution in [2.24, 2.45) is 5.73 Å². The molecule has 1 fully saturated rings. The van der Waals surface area contributed by atoms with Crippen LogP contribution < -0.4 is 10.6 Å². The Balaban J connectivity index is 2.09. The molecule has 82 valence electrons. The highest BCUT2D eigenvalue weighted by atomic mass is 35.5. The maximum atomic E-state index is 5.95. The summed E-state index contributed by atoms with van der Waals surface area (Å²) in [7, 11) is 0. The molecule has 1 heterocycles. The predicted octanol–water partition coefficient (Wildman–Crippen LogP) is 1.50. The summed E-state index contributed by atoms with van der Waals surface area (Å²) in [6.07, 6.45) is 0.137. The predicted molar refractivity (Wildman–Crippen MR) is 62.5 cm³/mol. The molecule has 2 N–H and O–H groups in total. The Morgan fingerprint density at radius 1 is 1.53 bits per heavy atom. The molecule has 0 saturated carbocycles. The van der Waals surface area contributed by atoms with Gasteiger partial charge in [-0.3, -0.25) is 0 Å². The Morgan fingerprint density at radius 2 is 2.40 bits per heavy atom.